The number of benzene rings is 1. The van der Waals surface area contributed by atoms with Crippen LogP contribution in [0.15, 0.2) is 30.3 Å². The summed E-state index contributed by atoms with van der Waals surface area (Å²) in [7, 11) is 1.67. The van der Waals surface area contributed by atoms with E-state index in [1.54, 1.807) is 7.05 Å². The van der Waals surface area contributed by atoms with Crippen LogP contribution >= 0.6 is 0 Å². The molecule has 1 aromatic rings. The van der Waals surface area contributed by atoms with E-state index in [0.717, 1.165) is 10.5 Å². The highest BCUT2D eigenvalue weighted by atomic mass is 16.2. The van der Waals surface area contributed by atoms with Gasteiger partial charge in [0, 0.05) is 13.6 Å². The molecule has 1 fully saturated rings. The quantitative estimate of drug-likeness (QED) is 0.813. The SMILES string of the molecule is CCC1(CC)NC(=O)N(CC(=O)N(C)Cc2ccccc2)C1=O. The molecule has 1 aromatic carbocycles. The molecule has 0 aliphatic carbocycles. The fraction of sp³-hybridized carbons (Fsp3) is 0.471. The molecule has 0 aromatic heterocycles. The van der Waals surface area contributed by atoms with Crippen LogP contribution in [-0.4, -0.2) is 46.8 Å². The molecule has 6 heteroatoms. The number of urea groups is 1. The van der Waals surface area contributed by atoms with Crippen LogP contribution in [-0.2, 0) is 16.1 Å². The first kappa shape index (κ1) is 17.0. The van der Waals surface area contributed by atoms with Crippen LogP contribution in [0.5, 0.6) is 0 Å². The molecular formula is C17H23N3O3. The van der Waals surface area contributed by atoms with Gasteiger partial charge in [-0.25, -0.2) is 4.79 Å². The Morgan fingerprint density at radius 2 is 1.78 bits per heavy atom. The van der Waals surface area contributed by atoms with Gasteiger partial charge in [0.05, 0.1) is 0 Å². The van der Waals surface area contributed by atoms with Gasteiger partial charge < -0.3 is 10.2 Å². The van der Waals surface area contributed by atoms with Crippen LogP contribution in [0.2, 0.25) is 0 Å². The molecular weight excluding hydrogens is 294 g/mol. The lowest BCUT2D eigenvalue weighted by molar-refractivity contribution is -0.138. The largest absolute Gasteiger partial charge is 0.340 e. The predicted molar refractivity (Wildman–Crippen MR) is 86.5 cm³/mol. The molecule has 1 aliphatic rings. The van der Waals surface area contributed by atoms with Crippen molar-refractivity contribution in [2.75, 3.05) is 13.6 Å². The molecule has 0 saturated carbocycles. The molecule has 0 radical (unpaired) electrons. The van der Waals surface area contributed by atoms with Crippen molar-refractivity contribution in [2.24, 2.45) is 0 Å². The number of carbonyl (C=O) groups excluding carboxylic acids is 3. The van der Waals surface area contributed by atoms with Crippen LogP contribution in [0, 0.1) is 0 Å². The third kappa shape index (κ3) is 3.36. The molecule has 0 spiro atoms. The Bertz CT molecular complexity index is 596. The van der Waals surface area contributed by atoms with E-state index in [4.69, 9.17) is 0 Å². The lowest BCUT2D eigenvalue weighted by Crippen LogP contribution is -2.46. The number of amides is 4. The Morgan fingerprint density at radius 3 is 2.30 bits per heavy atom. The predicted octanol–water partition coefficient (Wildman–Crippen LogP) is 1.76. The summed E-state index contributed by atoms with van der Waals surface area (Å²) in [4.78, 5) is 39.4. The second-order valence-corrected chi connectivity index (χ2v) is 5.85. The van der Waals surface area contributed by atoms with Gasteiger partial charge in [0.2, 0.25) is 5.91 Å². The minimum atomic E-state index is -0.866. The fourth-order valence-electron chi connectivity index (χ4n) is 2.75. The second-order valence-electron chi connectivity index (χ2n) is 5.85. The maximum absolute atomic E-state index is 12.5. The zero-order valence-corrected chi connectivity index (χ0v) is 13.8. The van der Waals surface area contributed by atoms with Crippen molar-refractivity contribution in [1.29, 1.82) is 0 Å². The Labute approximate surface area is 136 Å². The number of nitrogens with zero attached hydrogens (tertiary/aromatic N) is 2. The third-order valence-corrected chi connectivity index (χ3v) is 4.43. The number of nitrogens with one attached hydrogen (secondary N) is 1. The molecule has 1 heterocycles. The lowest BCUT2D eigenvalue weighted by atomic mass is 9.93. The summed E-state index contributed by atoms with van der Waals surface area (Å²) in [6, 6.07) is 9.09. The summed E-state index contributed by atoms with van der Waals surface area (Å²) in [6.07, 6.45) is 1.03. The van der Waals surface area contributed by atoms with Crippen molar-refractivity contribution in [2.45, 2.75) is 38.8 Å². The van der Waals surface area contributed by atoms with Gasteiger partial charge >= 0.3 is 6.03 Å². The monoisotopic (exact) mass is 317 g/mol. The van der Waals surface area contributed by atoms with E-state index in [1.807, 2.05) is 44.2 Å². The lowest BCUT2D eigenvalue weighted by Gasteiger charge is -2.24. The molecule has 1 aliphatic heterocycles. The summed E-state index contributed by atoms with van der Waals surface area (Å²) < 4.78 is 0. The maximum atomic E-state index is 12.5. The van der Waals surface area contributed by atoms with Crippen LogP contribution in [0.4, 0.5) is 4.79 Å². The van der Waals surface area contributed by atoms with Crippen LogP contribution in [0.1, 0.15) is 32.3 Å². The minimum Gasteiger partial charge on any atom is -0.340 e. The van der Waals surface area contributed by atoms with E-state index in [2.05, 4.69) is 5.32 Å². The molecule has 0 unspecified atom stereocenters. The highest BCUT2D eigenvalue weighted by Crippen LogP contribution is 2.24. The van der Waals surface area contributed by atoms with Crippen molar-refractivity contribution in [3.8, 4) is 0 Å². The molecule has 0 atom stereocenters. The van der Waals surface area contributed by atoms with Crippen molar-refractivity contribution < 1.29 is 14.4 Å². The fourth-order valence-corrected chi connectivity index (χ4v) is 2.75. The molecule has 23 heavy (non-hydrogen) atoms. The second kappa shape index (κ2) is 6.81. The van der Waals surface area contributed by atoms with E-state index in [-0.39, 0.29) is 18.4 Å². The number of carbonyl (C=O) groups is 3. The number of hydrogen-bond acceptors (Lipinski definition) is 3. The van der Waals surface area contributed by atoms with E-state index >= 15 is 0 Å². The standard InChI is InChI=1S/C17H23N3O3/c1-4-17(5-2)15(22)20(16(23)18-17)12-14(21)19(3)11-13-9-7-6-8-10-13/h6-10H,4-5,11-12H2,1-3H3,(H,18,23). The smallest absolute Gasteiger partial charge is 0.325 e. The van der Waals surface area contributed by atoms with Crippen molar-refractivity contribution in [3.05, 3.63) is 35.9 Å². The normalized spacial score (nSPS) is 16.4. The topological polar surface area (TPSA) is 69.7 Å². The average Bonchev–Trinajstić information content (AvgIpc) is 2.80. The number of likely N-dealkylation sites (N-methyl/N-ethyl adjacent to an activating group) is 1. The number of imide groups is 1. The van der Waals surface area contributed by atoms with Gasteiger partial charge in [0.1, 0.15) is 12.1 Å². The summed E-state index contributed by atoms with van der Waals surface area (Å²) in [5.74, 6) is -0.575. The van der Waals surface area contributed by atoms with Gasteiger partial charge in [-0.1, -0.05) is 44.2 Å². The van der Waals surface area contributed by atoms with Crippen LogP contribution < -0.4 is 5.32 Å². The minimum absolute atomic E-state index is 0.226. The third-order valence-electron chi connectivity index (χ3n) is 4.43. The average molecular weight is 317 g/mol. The molecule has 124 valence electrons. The highest BCUT2D eigenvalue weighted by Gasteiger charge is 2.49. The molecule has 4 amide bonds. The Balaban J connectivity index is 2.02. The number of rotatable bonds is 6. The van der Waals surface area contributed by atoms with Gasteiger partial charge in [-0.3, -0.25) is 14.5 Å². The van der Waals surface area contributed by atoms with Gasteiger partial charge in [-0.05, 0) is 18.4 Å². The molecule has 6 nitrogen and oxygen atoms in total. The van der Waals surface area contributed by atoms with Crippen molar-refractivity contribution in [3.63, 3.8) is 0 Å². The first-order valence-electron chi connectivity index (χ1n) is 7.85. The summed E-state index contributed by atoms with van der Waals surface area (Å²) in [6.45, 7) is 3.93. The van der Waals surface area contributed by atoms with Gasteiger partial charge in [0.15, 0.2) is 0 Å². The maximum Gasteiger partial charge on any atom is 0.325 e. The van der Waals surface area contributed by atoms with E-state index in [9.17, 15) is 14.4 Å². The zero-order valence-electron chi connectivity index (χ0n) is 13.8. The summed E-state index contributed by atoms with van der Waals surface area (Å²) in [5, 5.41) is 2.73. The summed E-state index contributed by atoms with van der Waals surface area (Å²) in [5.41, 5.74) is 0.132. The zero-order chi connectivity index (χ0) is 17.0. The van der Waals surface area contributed by atoms with Gasteiger partial charge in [-0.15, -0.1) is 0 Å². The van der Waals surface area contributed by atoms with E-state index < -0.39 is 11.6 Å². The van der Waals surface area contributed by atoms with E-state index in [0.29, 0.717) is 19.4 Å². The first-order valence-corrected chi connectivity index (χ1v) is 7.85. The van der Waals surface area contributed by atoms with Crippen molar-refractivity contribution >= 4 is 17.8 Å². The molecule has 2 rings (SSSR count). The Kier molecular flexibility index (Phi) is 5.03. The van der Waals surface area contributed by atoms with Gasteiger partial charge in [-0.2, -0.15) is 0 Å². The van der Waals surface area contributed by atoms with Gasteiger partial charge in [0.25, 0.3) is 5.91 Å². The Hall–Kier alpha value is -2.37. The van der Waals surface area contributed by atoms with Crippen molar-refractivity contribution in [1.82, 2.24) is 15.1 Å². The van der Waals surface area contributed by atoms with Crippen LogP contribution in [0.3, 0.4) is 0 Å². The molecule has 0 bridgehead atoms. The molecule has 1 N–H and O–H groups in total. The highest BCUT2D eigenvalue weighted by molar-refractivity contribution is 6.08. The van der Waals surface area contributed by atoms with Crippen LogP contribution in [0.25, 0.3) is 0 Å². The Morgan fingerprint density at radius 1 is 1.17 bits per heavy atom. The van der Waals surface area contributed by atoms with E-state index in [1.165, 1.54) is 4.90 Å². The number of hydrogen-bond donors (Lipinski definition) is 1. The first-order chi connectivity index (χ1) is 10.9. The summed E-state index contributed by atoms with van der Waals surface area (Å²) >= 11 is 0. The molecule has 1 saturated heterocycles.